The summed E-state index contributed by atoms with van der Waals surface area (Å²) in [5.74, 6) is 0.855. The third-order valence-electron chi connectivity index (χ3n) is 4.55. The van der Waals surface area contributed by atoms with Crippen LogP contribution in [0.4, 0.5) is 0 Å². The number of carbonyl (C=O) groups excluding carboxylic acids is 1. The largest absolute Gasteiger partial charge is 0.485 e. The zero-order chi connectivity index (χ0) is 19.9. The van der Waals surface area contributed by atoms with Gasteiger partial charge in [-0.3, -0.25) is 0 Å². The van der Waals surface area contributed by atoms with Gasteiger partial charge in [-0.2, -0.15) is 0 Å². The molecule has 1 aliphatic heterocycles. The van der Waals surface area contributed by atoms with Crippen LogP contribution in [0.5, 0.6) is 11.5 Å². The minimum Gasteiger partial charge on any atom is -0.485 e. The highest BCUT2D eigenvalue weighted by Crippen LogP contribution is 2.33. The van der Waals surface area contributed by atoms with Crippen molar-refractivity contribution in [3.8, 4) is 11.5 Å². The molecule has 1 heterocycles. The second-order valence-electron chi connectivity index (χ2n) is 6.89. The fourth-order valence-electron chi connectivity index (χ4n) is 3.17. The van der Waals surface area contributed by atoms with Gasteiger partial charge in [0, 0.05) is 11.1 Å². The summed E-state index contributed by atoms with van der Waals surface area (Å²) in [5, 5.41) is 4.31. The number of carbonyl (C=O) groups is 1. The van der Waals surface area contributed by atoms with Crippen LogP contribution < -0.4 is 14.8 Å². The minimum atomic E-state index is -0.703. The molecule has 0 spiro atoms. The molecule has 6 heteroatoms. The Morgan fingerprint density at radius 2 is 2.11 bits per heavy atom. The van der Waals surface area contributed by atoms with Crippen molar-refractivity contribution in [2.45, 2.75) is 38.8 Å². The Labute approximate surface area is 170 Å². The number of esters is 1. The normalized spacial score (nSPS) is 16.5. The van der Waals surface area contributed by atoms with E-state index in [-0.39, 0.29) is 6.61 Å². The minimum absolute atomic E-state index is 0.169. The van der Waals surface area contributed by atoms with Crippen LogP contribution in [0.2, 0.25) is 5.02 Å². The second kappa shape index (κ2) is 9.80. The molecule has 2 atom stereocenters. The van der Waals surface area contributed by atoms with E-state index in [2.05, 4.69) is 18.3 Å². The Balaban J connectivity index is 1.49. The van der Waals surface area contributed by atoms with Gasteiger partial charge < -0.3 is 19.5 Å². The highest BCUT2D eigenvalue weighted by Gasteiger charge is 2.28. The number of ether oxygens (including phenoxy) is 3. The molecule has 2 aromatic carbocycles. The van der Waals surface area contributed by atoms with Crippen LogP contribution in [0.25, 0.3) is 0 Å². The summed E-state index contributed by atoms with van der Waals surface area (Å²) in [6.07, 6.45) is 1.10. The van der Waals surface area contributed by atoms with Crippen molar-refractivity contribution in [2.24, 2.45) is 0 Å². The van der Waals surface area contributed by atoms with Crippen molar-refractivity contribution in [3.05, 3.63) is 58.6 Å². The van der Waals surface area contributed by atoms with Crippen LogP contribution in [0.3, 0.4) is 0 Å². The van der Waals surface area contributed by atoms with Crippen molar-refractivity contribution < 1.29 is 19.0 Å². The average molecular weight is 404 g/mol. The molecule has 28 heavy (non-hydrogen) atoms. The van der Waals surface area contributed by atoms with Gasteiger partial charge in [0.25, 0.3) is 0 Å². The third kappa shape index (κ3) is 5.63. The lowest BCUT2D eigenvalue weighted by Gasteiger charge is -2.25. The van der Waals surface area contributed by atoms with E-state index in [4.69, 9.17) is 25.8 Å². The molecule has 0 fully saturated rings. The number of fused-ring (bicyclic) bond motifs is 1. The molecule has 1 unspecified atom stereocenters. The van der Waals surface area contributed by atoms with Crippen LogP contribution >= 0.6 is 11.6 Å². The molecule has 0 saturated carbocycles. The van der Waals surface area contributed by atoms with Gasteiger partial charge >= 0.3 is 5.97 Å². The van der Waals surface area contributed by atoms with E-state index < -0.39 is 12.1 Å². The average Bonchev–Trinajstić information content (AvgIpc) is 2.68. The van der Waals surface area contributed by atoms with Crippen molar-refractivity contribution >= 4 is 17.6 Å². The molecular weight excluding hydrogens is 378 g/mol. The lowest BCUT2D eigenvalue weighted by molar-refractivity contribution is -0.153. The van der Waals surface area contributed by atoms with E-state index >= 15 is 0 Å². The maximum absolute atomic E-state index is 11.8. The van der Waals surface area contributed by atoms with Crippen LogP contribution in [0, 0.1) is 0 Å². The van der Waals surface area contributed by atoms with Gasteiger partial charge in [-0.05, 0) is 68.6 Å². The van der Waals surface area contributed by atoms with Gasteiger partial charge in [0.2, 0.25) is 6.10 Å². The van der Waals surface area contributed by atoms with E-state index in [0.717, 1.165) is 30.0 Å². The zero-order valence-corrected chi connectivity index (χ0v) is 17.0. The van der Waals surface area contributed by atoms with Crippen molar-refractivity contribution in [2.75, 3.05) is 19.8 Å². The summed E-state index contributed by atoms with van der Waals surface area (Å²) in [6, 6.07) is 14.1. The molecule has 150 valence electrons. The van der Waals surface area contributed by atoms with Crippen molar-refractivity contribution in [1.82, 2.24) is 5.32 Å². The van der Waals surface area contributed by atoms with E-state index in [1.54, 1.807) is 6.92 Å². The standard InChI is InChI=1S/C22H26ClNO4/c1-3-26-22(25)21-14-27-20-13-17(7-8-19(20)28-21)11-15(2)24-10-9-16-5-4-6-18(23)12-16/h4-8,12-13,15,21,24H,3,9-11,14H2,1-2H3/t15-,21?/m1/s1. The second-order valence-corrected chi connectivity index (χ2v) is 7.33. The predicted octanol–water partition coefficient (Wildman–Crippen LogP) is 3.81. The molecule has 2 aromatic rings. The Morgan fingerprint density at radius 3 is 2.89 bits per heavy atom. The molecular formula is C22H26ClNO4. The summed E-state index contributed by atoms with van der Waals surface area (Å²) in [5.41, 5.74) is 2.38. The summed E-state index contributed by atoms with van der Waals surface area (Å²) in [6.45, 7) is 5.31. The number of halogens is 1. The number of rotatable bonds is 8. The first kappa shape index (κ1) is 20.5. The molecule has 3 rings (SSSR count). The Kier molecular flexibility index (Phi) is 7.18. The third-order valence-corrected chi connectivity index (χ3v) is 4.79. The molecule has 0 aromatic heterocycles. The van der Waals surface area contributed by atoms with Gasteiger partial charge in [0.05, 0.1) is 6.61 Å². The van der Waals surface area contributed by atoms with Crippen LogP contribution in [0.1, 0.15) is 25.0 Å². The first-order chi connectivity index (χ1) is 13.5. The fraction of sp³-hybridized carbons (Fsp3) is 0.409. The maximum atomic E-state index is 11.8. The molecule has 0 bridgehead atoms. The molecule has 0 amide bonds. The summed E-state index contributed by atoms with van der Waals surface area (Å²) >= 11 is 6.03. The van der Waals surface area contributed by atoms with Gasteiger partial charge in [0.15, 0.2) is 11.5 Å². The zero-order valence-electron chi connectivity index (χ0n) is 16.2. The Hall–Kier alpha value is -2.24. The topological polar surface area (TPSA) is 56.8 Å². The number of hydrogen-bond donors (Lipinski definition) is 1. The van der Waals surface area contributed by atoms with E-state index in [0.29, 0.717) is 24.1 Å². The molecule has 1 N–H and O–H groups in total. The van der Waals surface area contributed by atoms with E-state index in [1.807, 2.05) is 36.4 Å². The first-order valence-corrected chi connectivity index (χ1v) is 9.99. The van der Waals surface area contributed by atoms with Gasteiger partial charge in [0.1, 0.15) is 6.61 Å². The fourth-order valence-corrected chi connectivity index (χ4v) is 3.39. The molecule has 0 aliphatic carbocycles. The van der Waals surface area contributed by atoms with Crippen LogP contribution in [0.15, 0.2) is 42.5 Å². The summed E-state index contributed by atoms with van der Waals surface area (Å²) < 4.78 is 16.4. The molecule has 1 aliphatic rings. The predicted molar refractivity (Wildman–Crippen MR) is 109 cm³/mol. The molecule has 0 saturated heterocycles. The maximum Gasteiger partial charge on any atom is 0.350 e. The number of benzene rings is 2. The van der Waals surface area contributed by atoms with Crippen molar-refractivity contribution in [1.29, 1.82) is 0 Å². The molecule has 0 radical (unpaired) electrons. The number of hydrogen-bond acceptors (Lipinski definition) is 5. The summed E-state index contributed by atoms with van der Waals surface area (Å²) in [4.78, 5) is 11.8. The highest BCUT2D eigenvalue weighted by molar-refractivity contribution is 6.30. The van der Waals surface area contributed by atoms with Crippen molar-refractivity contribution in [3.63, 3.8) is 0 Å². The van der Waals surface area contributed by atoms with Crippen LogP contribution in [-0.4, -0.2) is 37.9 Å². The van der Waals surface area contributed by atoms with E-state index in [9.17, 15) is 4.79 Å². The van der Waals surface area contributed by atoms with Gasteiger partial charge in [-0.25, -0.2) is 4.79 Å². The molecule has 5 nitrogen and oxygen atoms in total. The smallest absolute Gasteiger partial charge is 0.350 e. The quantitative estimate of drug-likeness (QED) is 0.679. The Bertz CT molecular complexity index is 811. The monoisotopic (exact) mass is 403 g/mol. The first-order valence-electron chi connectivity index (χ1n) is 9.62. The Morgan fingerprint density at radius 1 is 1.25 bits per heavy atom. The van der Waals surface area contributed by atoms with Crippen LogP contribution in [-0.2, 0) is 22.4 Å². The van der Waals surface area contributed by atoms with Gasteiger partial charge in [-0.1, -0.05) is 29.8 Å². The highest BCUT2D eigenvalue weighted by atomic mass is 35.5. The number of nitrogens with one attached hydrogen (secondary N) is 1. The lowest BCUT2D eigenvalue weighted by atomic mass is 10.1. The SMILES string of the molecule is CCOC(=O)C1COc2cc(C[C@@H](C)NCCc3cccc(Cl)c3)ccc2O1. The lowest BCUT2D eigenvalue weighted by Crippen LogP contribution is -2.37. The van der Waals surface area contributed by atoms with E-state index in [1.165, 1.54) is 5.56 Å². The summed E-state index contributed by atoms with van der Waals surface area (Å²) in [7, 11) is 0. The van der Waals surface area contributed by atoms with Gasteiger partial charge in [-0.15, -0.1) is 0 Å².